The SMILES string of the molecule is NCCS(=O)(=O)CCc1ccc2c(c1)CCO2. The molecule has 5 heteroatoms. The molecule has 0 bridgehead atoms. The molecule has 0 fully saturated rings. The summed E-state index contributed by atoms with van der Waals surface area (Å²) in [5, 5.41) is 0. The van der Waals surface area contributed by atoms with E-state index in [-0.39, 0.29) is 18.1 Å². The van der Waals surface area contributed by atoms with Crippen LogP contribution in [0.5, 0.6) is 5.75 Å². The number of rotatable bonds is 5. The molecule has 2 rings (SSSR count). The number of benzene rings is 1. The van der Waals surface area contributed by atoms with E-state index in [0.717, 1.165) is 24.3 Å². The molecular weight excluding hydrogens is 238 g/mol. The van der Waals surface area contributed by atoms with Crippen molar-refractivity contribution in [1.29, 1.82) is 0 Å². The second kappa shape index (κ2) is 5.06. The molecule has 1 aromatic carbocycles. The first kappa shape index (κ1) is 12.4. The predicted molar refractivity (Wildman–Crippen MR) is 67.1 cm³/mol. The maximum atomic E-state index is 11.5. The summed E-state index contributed by atoms with van der Waals surface area (Å²) in [6, 6.07) is 5.90. The molecule has 1 aliphatic heterocycles. The molecule has 0 saturated carbocycles. The lowest BCUT2D eigenvalue weighted by atomic mass is 10.1. The largest absolute Gasteiger partial charge is 0.493 e. The quantitative estimate of drug-likeness (QED) is 0.833. The first-order chi connectivity index (χ1) is 8.11. The van der Waals surface area contributed by atoms with Gasteiger partial charge in [0.25, 0.3) is 0 Å². The molecule has 0 spiro atoms. The van der Waals surface area contributed by atoms with Crippen molar-refractivity contribution in [3.05, 3.63) is 29.3 Å². The zero-order valence-corrected chi connectivity index (χ0v) is 10.5. The number of sulfone groups is 1. The molecule has 0 radical (unpaired) electrons. The normalized spacial score (nSPS) is 14.4. The van der Waals surface area contributed by atoms with E-state index in [1.807, 2.05) is 18.2 Å². The minimum Gasteiger partial charge on any atom is -0.493 e. The van der Waals surface area contributed by atoms with Gasteiger partial charge in [-0.15, -0.1) is 0 Å². The van der Waals surface area contributed by atoms with Crippen LogP contribution in [0, 0.1) is 0 Å². The minimum atomic E-state index is -3.00. The van der Waals surface area contributed by atoms with Crippen LogP contribution in [0.4, 0.5) is 0 Å². The van der Waals surface area contributed by atoms with Gasteiger partial charge in [-0.25, -0.2) is 8.42 Å². The first-order valence-corrected chi connectivity index (χ1v) is 7.58. The fraction of sp³-hybridized carbons (Fsp3) is 0.500. The van der Waals surface area contributed by atoms with Gasteiger partial charge in [-0.2, -0.15) is 0 Å². The Balaban J connectivity index is 2.00. The van der Waals surface area contributed by atoms with Crippen LogP contribution in [-0.2, 0) is 22.7 Å². The van der Waals surface area contributed by atoms with Gasteiger partial charge >= 0.3 is 0 Å². The summed E-state index contributed by atoms with van der Waals surface area (Å²) in [4.78, 5) is 0. The number of aryl methyl sites for hydroxylation is 1. The summed E-state index contributed by atoms with van der Waals surface area (Å²) in [5.74, 6) is 1.17. The van der Waals surface area contributed by atoms with Crippen molar-refractivity contribution in [1.82, 2.24) is 0 Å². The Morgan fingerprint density at radius 3 is 2.88 bits per heavy atom. The molecule has 0 aliphatic carbocycles. The monoisotopic (exact) mass is 255 g/mol. The van der Waals surface area contributed by atoms with Gasteiger partial charge in [-0.1, -0.05) is 12.1 Å². The molecule has 1 heterocycles. The van der Waals surface area contributed by atoms with Gasteiger partial charge in [0.2, 0.25) is 0 Å². The lowest BCUT2D eigenvalue weighted by molar-refractivity contribution is 0.357. The van der Waals surface area contributed by atoms with Crippen molar-refractivity contribution in [3.63, 3.8) is 0 Å². The van der Waals surface area contributed by atoms with Crippen molar-refractivity contribution in [2.24, 2.45) is 5.73 Å². The van der Waals surface area contributed by atoms with Crippen LogP contribution in [0.25, 0.3) is 0 Å². The summed E-state index contributed by atoms with van der Waals surface area (Å²) in [6.45, 7) is 0.921. The average Bonchev–Trinajstić information content (AvgIpc) is 2.73. The Labute approximate surface area is 102 Å². The molecule has 2 N–H and O–H groups in total. The van der Waals surface area contributed by atoms with Crippen LogP contribution in [0.15, 0.2) is 18.2 Å². The summed E-state index contributed by atoms with van der Waals surface area (Å²) in [6.07, 6.45) is 1.47. The molecular formula is C12H17NO3S. The van der Waals surface area contributed by atoms with E-state index >= 15 is 0 Å². The second-order valence-corrected chi connectivity index (χ2v) is 6.53. The lowest BCUT2D eigenvalue weighted by Crippen LogP contribution is -2.19. The number of nitrogens with two attached hydrogens (primary N) is 1. The van der Waals surface area contributed by atoms with Gasteiger partial charge in [0.05, 0.1) is 18.1 Å². The van der Waals surface area contributed by atoms with Gasteiger partial charge in [-0.3, -0.25) is 0 Å². The molecule has 4 nitrogen and oxygen atoms in total. The van der Waals surface area contributed by atoms with E-state index in [9.17, 15) is 8.42 Å². The Kier molecular flexibility index (Phi) is 3.69. The van der Waals surface area contributed by atoms with E-state index < -0.39 is 9.84 Å². The highest BCUT2D eigenvalue weighted by Gasteiger charge is 2.14. The maximum Gasteiger partial charge on any atom is 0.151 e. The molecule has 0 aromatic heterocycles. The molecule has 94 valence electrons. The molecule has 0 unspecified atom stereocenters. The highest BCUT2D eigenvalue weighted by atomic mass is 32.2. The van der Waals surface area contributed by atoms with Crippen molar-refractivity contribution in [3.8, 4) is 5.75 Å². The third kappa shape index (κ3) is 3.20. The van der Waals surface area contributed by atoms with E-state index in [0.29, 0.717) is 6.42 Å². The van der Waals surface area contributed by atoms with Crippen LogP contribution in [0.2, 0.25) is 0 Å². The molecule has 0 amide bonds. The van der Waals surface area contributed by atoms with Crippen LogP contribution in [0.3, 0.4) is 0 Å². The number of hydrogen-bond acceptors (Lipinski definition) is 4. The van der Waals surface area contributed by atoms with Gasteiger partial charge in [0.1, 0.15) is 5.75 Å². The Bertz CT molecular complexity index is 496. The van der Waals surface area contributed by atoms with Crippen LogP contribution >= 0.6 is 0 Å². The molecule has 1 aromatic rings. The van der Waals surface area contributed by atoms with E-state index in [2.05, 4.69) is 0 Å². The predicted octanol–water partition coefficient (Wildman–Crippen LogP) is 0.538. The summed E-state index contributed by atoms with van der Waals surface area (Å²) >= 11 is 0. The van der Waals surface area contributed by atoms with Crippen LogP contribution in [0.1, 0.15) is 11.1 Å². The molecule has 0 atom stereocenters. The highest BCUT2D eigenvalue weighted by molar-refractivity contribution is 7.91. The van der Waals surface area contributed by atoms with Crippen molar-refractivity contribution >= 4 is 9.84 Å². The number of hydrogen-bond donors (Lipinski definition) is 1. The van der Waals surface area contributed by atoms with Crippen molar-refractivity contribution in [2.75, 3.05) is 24.7 Å². The molecule has 1 aliphatic rings. The summed E-state index contributed by atoms with van der Waals surface area (Å²) in [5.41, 5.74) is 7.49. The van der Waals surface area contributed by atoms with Crippen molar-refractivity contribution in [2.45, 2.75) is 12.8 Å². The summed E-state index contributed by atoms with van der Waals surface area (Å²) in [7, 11) is -3.00. The van der Waals surface area contributed by atoms with Gasteiger partial charge in [0, 0.05) is 13.0 Å². The van der Waals surface area contributed by atoms with Gasteiger partial charge in [-0.05, 0) is 23.6 Å². The fourth-order valence-corrected chi connectivity index (χ4v) is 3.06. The van der Waals surface area contributed by atoms with E-state index in [1.54, 1.807) is 0 Å². The standard InChI is InChI=1S/C12H17NO3S/c13-5-8-17(14,15)7-4-10-1-2-12-11(9-10)3-6-16-12/h1-2,9H,3-8,13H2. The van der Waals surface area contributed by atoms with Gasteiger partial charge < -0.3 is 10.5 Å². The van der Waals surface area contributed by atoms with Crippen LogP contribution < -0.4 is 10.5 Å². The second-order valence-electron chi connectivity index (χ2n) is 4.23. The average molecular weight is 255 g/mol. The first-order valence-electron chi connectivity index (χ1n) is 5.76. The maximum absolute atomic E-state index is 11.5. The topological polar surface area (TPSA) is 69.4 Å². The Hall–Kier alpha value is -1.07. The minimum absolute atomic E-state index is 0.0705. The zero-order chi connectivity index (χ0) is 12.3. The van der Waals surface area contributed by atoms with Crippen molar-refractivity contribution < 1.29 is 13.2 Å². The summed E-state index contributed by atoms with van der Waals surface area (Å²) < 4.78 is 28.5. The highest BCUT2D eigenvalue weighted by Crippen LogP contribution is 2.26. The smallest absolute Gasteiger partial charge is 0.151 e. The lowest BCUT2D eigenvalue weighted by Gasteiger charge is -2.05. The number of ether oxygens (including phenoxy) is 1. The third-order valence-electron chi connectivity index (χ3n) is 2.88. The van der Waals surface area contributed by atoms with Gasteiger partial charge in [0.15, 0.2) is 9.84 Å². The van der Waals surface area contributed by atoms with E-state index in [4.69, 9.17) is 10.5 Å². The number of fused-ring (bicyclic) bond motifs is 1. The van der Waals surface area contributed by atoms with Crippen LogP contribution in [-0.4, -0.2) is 33.1 Å². The zero-order valence-electron chi connectivity index (χ0n) is 9.69. The Morgan fingerprint density at radius 2 is 2.12 bits per heavy atom. The Morgan fingerprint density at radius 1 is 1.29 bits per heavy atom. The molecule has 17 heavy (non-hydrogen) atoms. The third-order valence-corrected chi connectivity index (χ3v) is 4.57. The fourth-order valence-electron chi connectivity index (χ4n) is 1.95. The van der Waals surface area contributed by atoms with E-state index in [1.165, 1.54) is 5.56 Å². The molecule has 0 saturated heterocycles.